The van der Waals surface area contributed by atoms with Gasteiger partial charge in [-0.15, -0.1) is 0 Å². The fourth-order valence-corrected chi connectivity index (χ4v) is 2.63. The number of hydrogen-bond donors (Lipinski definition) is 2. The average Bonchev–Trinajstić information content (AvgIpc) is 3.00. The summed E-state index contributed by atoms with van der Waals surface area (Å²) in [6.45, 7) is 0.753. The van der Waals surface area contributed by atoms with Crippen LogP contribution in [0.25, 0.3) is 0 Å². The predicted molar refractivity (Wildman–Crippen MR) is 89.1 cm³/mol. The molecule has 22 heavy (non-hydrogen) atoms. The zero-order valence-electron chi connectivity index (χ0n) is 12.7. The molecule has 0 aliphatic heterocycles. The molecule has 0 bridgehead atoms. The standard InChI is InChI=1S/C15H20N4O2S/c1-16-15(20)18-22-9-8-19(2)14-13(21-11-17-14)10-12-6-4-3-5-7-12/h3-7,11H,8-10H2,1-2H3,(H2,16,18,20). The van der Waals surface area contributed by atoms with Crippen molar-refractivity contribution in [3.63, 3.8) is 0 Å². The van der Waals surface area contributed by atoms with Gasteiger partial charge in [0.2, 0.25) is 0 Å². The van der Waals surface area contributed by atoms with Gasteiger partial charge in [0.1, 0.15) is 0 Å². The molecule has 0 aliphatic carbocycles. The van der Waals surface area contributed by atoms with Crippen LogP contribution in [0.5, 0.6) is 0 Å². The molecule has 1 aromatic carbocycles. The van der Waals surface area contributed by atoms with Crippen LogP contribution in [-0.4, -0.2) is 37.4 Å². The van der Waals surface area contributed by atoms with Crippen molar-refractivity contribution in [3.8, 4) is 0 Å². The van der Waals surface area contributed by atoms with Gasteiger partial charge < -0.3 is 14.6 Å². The third-order valence-electron chi connectivity index (χ3n) is 3.11. The molecule has 1 heterocycles. The maximum Gasteiger partial charge on any atom is 0.324 e. The quantitative estimate of drug-likeness (QED) is 0.605. The molecule has 0 atom stereocenters. The normalized spacial score (nSPS) is 10.3. The van der Waals surface area contributed by atoms with E-state index in [4.69, 9.17) is 4.42 Å². The molecule has 0 saturated carbocycles. The van der Waals surface area contributed by atoms with Crippen LogP contribution in [0, 0.1) is 0 Å². The monoisotopic (exact) mass is 320 g/mol. The number of oxazole rings is 1. The van der Waals surface area contributed by atoms with Crippen LogP contribution >= 0.6 is 11.9 Å². The van der Waals surface area contributed by atoms with Gasteiger partial charge in [0, 0.05) is 32.8 Å². The minimum absolute atomic E-state index is 0.196. The summed E-state index contributed by atoms with van der Waals surface area (Å²) >= 11 is 1.36. The molecular weight excluding hydrogens is 300 g/mol. The van der Waals surface area contributed by atoms with E-state index in [0.29, 0.717) is 6.42 Å². The van der Waals surface area contributed by atoms with Gasteiger partial charge >= 0.3 is 6.03 Å². The van der Waals surface area contributed by atoms with Crippen molar-refractivity contribution in [1.82, 2.24) is 15.0 Å². The van der Waals surface area contributed by atoms with Gasteiger partial charge in [-0.2, -0.15) is 4.98 Å². The number of amides is 2. The van der Waals surface area contributed by atoms with Gasteiger partial charge in [-0.05, 0) is 17.5 Å². The van der Waals surface area contributed by atoms with Crippen LogP contribution in [0.15, 0.2) is 41.1 Å². The second-order valence-electron chi connectivity index (χ2n) is 4.71. The van der Waals surface area contributed by atoms with E-state index in [1.165, 1.54) is 23.9 Å². The van der Waals surface area contributed by atoms with Gasteiger partial charge in [0.05, 0.1) is 0 Å². The van der Waals surface area contributed by atoms with Crippen molar-refractivity contribution in [2.75, 3.05) is 31.3 Å². The topological polar surface area (TPSA) is 70.4 Å². The van der Waals surface area contributed by atoms with E-state index in [1.54, 1.807) is 7.05 Å². The molecule has 0 unspecified atom stereocenters. The van der Waals surface area contributed by atoms with Crippen LogP contribution in [-0.2, 0) is 6.42 Å². The highest BCUT2D eigenvalue weighted by molar-refractivity contribution is 7.97. The number of benzene rings is 1. The summed E-state index contributed by atoms with van der Waals surface area (Å²) in [6, 6.07) is 9.95. The van der Waals surface area contributed by atoms with Crippen molar-refractivity contribution in [2.24, 2.45) is 0 Å². The van der Waals surface area contributed by atoms with Gasteiger partial charge in [0.25, 0.3) is 0 Å². The number of urea groups is 1. The lowest BCUT2D eigenvalue weighted by Crippen LogP contribution is -2.29. The zero-order valence-corrected chi connectivity index (χ0v) is 13.5. The van der Waals surface area contributed by atoms with Crippen molar-refractivity contribution >= 4 is 23.8 Å². The highest BCUT2D eigenvalue weighted by Crippen LogP contribution is 2.20. The fraction of sp³-hybridized carbons (Fsp3) is 0.333. The highest BCUT2D eigenvalue weighted by atomic mass is 32.2. The first-order chi connectivity index (χ1) is 10.7. The summed E-state index contributed by atoms with van der Waals surface area (Å²) < 4.78 is 8.20. The predicted octanol–water partition coefficient (Wildman–Crippen LogP) is 2.28. The Kier molecular flexibility index (Phi) is 6.14. The lowest BCUT2D eigenvalue weighted by atomic mass is 10.1. The van der Waals surface area contributed by atoms with E-state index in [-0.39, 0.29) is 6.03 Å². The van der Waals surface area contributed by atoms with Crippen LogP contribution < -0.4 is 14.9 Å². The Balaban J connectivity index is 1.87. The molecule has 1 aromatic heterocycles. The van der Waals surface area contributed by atoms with Crippen LogP contribution in [0.2, 0.25) is 0 Å². The summed E-state index contributed by atoms with van der Waals surface area (Å²) in [6.07, 6.45) is 2.18. The van der Waals surface area contributed by atoms with Crippen molar-refractivity contribution in [1.29, 1.82) is 0 Å². The first-order valence-corrected chi connectivity index (χ1v) is 7.96. The van der Waals surface area contributed by atoms with Gasteiger partial charge in [-0.25, -0.2) is 4.79 Å². The van der Waals surface area contributed by atoms with Crippen molar-refractivity contribution < 1.29 is 9.21 Å². The molecule has 0 aliphatic rings. The summed E-state index contributed by atoms with van der Waals surface area (Å²) in [4.78, 5) is 17.4. The van der Waals surface area contributed by atoms with E-state index in [1.807, 2.05) is 30.1 Å². The molecule has 2 N–H and O–H groups in total. The van der Waals surface area contributed by atoms with Crippen LogP contribution in [0.3, 0.4) is 0 Å². The molecule has 6 nitrogen and oxygen atoms in total. The summed E-state index contributed by atoms with van der Waals surface area (Å²) in [7, 11) is 3.56. The maximum atomic E-state index is 11.1. The van der Waals surface area contributed by atoms with E-state index < -0.39 is 0 Å². The molecule has 0 fully saturated rings. The van der Waals surface area contributed by atoms with Gasteiger partial charge in [-0.3, -0.25) is 4.72 Å². The summed E-state index contributed by atoms with van der Waals surface area (Å²) in [5.41, 5.74) is 1.18. The minimum atomic E-state index is -0.196. The minimum Gasteiger partial charge on any atom is -0.446 e. The first-order valence-electron chi connectivity index (χ1n) is 6.97. The van der Waals surface area contributed by atoms with Crippen LogP contribution in [0.4, 0.5) is 10.6 Å². The third-order valence-corrected chi connectivity index (χ3v) is 3.83. The summed E-state index contributed by atoms with van der Waals surface area (Å²) in [5.74, 6) is 2.43. The molecule has 2 rings (SSSR count). The molecule has 0 saturated heterocycles. The Morgan fingerprint density at radius 1 is 1.36 bits per heavy atom. The molecule has 7 heteroatoms. The molecule has 118 valence electrons. The number of aromatic nitrogens is 1. The van der Waals surface area contributed by atoms with Crippen LogP contribution in [0.1, 0.15) is 11.3 Å². The zero-order chi connectivity index (χ0) is 15.8. The highest BCUT2D eigenvalue weighted by Gasteiger charge is 2.13. The maximum absolute atomic E-state index is 11.1. The molecule has 2 amide bonds. The number of hydrogen-bond acceptors (Lipinski definition) is 5. The Hall–Kier alpha value is -2.15. The second kappa shape index (κ2) is 8.33. The smallest absolute Gasteiger partial charge is 0.324 e. The number of carbonyl (C=O) groups is 1. The Labute approximate surface area is 134 Å². The van der Waals surface area contributed by atoms with E-state index in [9.17, 15) is 4.79 Å². The number of anilines is 1. The van der Waals surface area contributed by atoms with E-state index in [0.717, 1.165) is 23.9 Å². The molecular formula is C15H20N4O2S. The largest absolute Gasteiger partial charge is 0.446 e. The number of nitrogens with zero attached hydrogens (tertiary/aromatic N) is 2. The average molecular weight is 320 g/mol. The molecule has 0 radical (unpaired) electrons. The SMILES string of the molecule is CNC(=O)NSCCN(C)c1ncoc1Cc1ccccc1. The number of rotatable bonds is 7. The molecule has 0 spiro atoms. The van der Waals surface area contributed by atoms with Crippen molar-refractivity contribution in [2.45, 2.75) is 6.42 Å². The van der Waals surface area contributed by atoms with Gasteiger partial charge in [0.15, 0.2) is 18.0 Å². The Morgan fingerprint density at radius 2 is 2.14 bits per heavy atom. The lowest BCUT2D eigenvalue weighted by Gasteiger charge is -2.17. The lowest BCUT2D eigenvalue weighted by molar-refractivity contribution is 0.248. The first kappa shape index (κ1) is 16.2. The van der Waals surface area contributed by atoms with E-state index in [2.05, 4.69) is 27.2 Å². The van der Waals surface area contributed by atoms with Gasteiger partial charge in [-0.1, -0.05) is 30.3 Å². The van der Waals surface area contributed by atoms with Crippen molar-refractivity contribution in [3.05, 3.63) is 48.0 Å². The summed E-state index contributed by atoms with van der Waals surface area (Å²) in [5, 5.41) is 2.51. The Bertz CT molecular complexity index is 588. The third kappa shape index (κ3) is 4.70. The second-order valence-corrected chi connectivity index (χ2v) is 5.61. The Morgan fingerprint density at radius 3 is 2.86 bits per heavy atom. The van der Waals surface area contributed by atoms with E-state index >= 15 is 0 Å². The number of carbonyl (C=O) groups excluding carboxylic acids is 1. The number of nitrogens with one attached hydrogen (secondary N) is 2. The molecule has 2 aromatic rings. The fourth-order valence-electron chi connectivity index (χ4n) is 1.93.